The lowest BCUT2D eigenvalue weighted by Crippen LogP contribution is -2.07. The molecule has 146 valence electrons. The van der Waals surface area contributed by atoms with Gasteiger partial charge in [0.1, 0.15) is 6.61 Å². The molecule has 4 heteroatoms. The van der Waals surface area contributed by atoms with Crippen LogP contribution in [-0.4, -0.2) is 17.4 Å². The number of aromatic nitrogens is 1. The molecule has 1 saturated carbocycles. The maximum atomic E-state index is 5.20. The number of hydrogen-bond donors (Lipinski definition) is 0. The van der Waals surface area contributed by atoms with Gasteiger partial charge in [0, 0.05) is 33.7 Å². The van der Waals surface area contributed by atoms with E-state index in [1.54, 1.807) is 12.7 Å². The molecule has 0 amide bonds. The third-order valence-corrected chi connectivity index (χ3v) is 7.29. The Morgan fingerprint density at radius 1 is 1.07 bits per heavy atom. The van der Waals surface area contributed by atoms with Gasteiger partial charge in [-0.1, -0.05) is 49.6 Å². The second-order valence-corrected chi connectivity index (χ2v) is 9.01. The Balaban J connectivity index is 1.75. The number of fused-ring (bicyclic) bond motifs is 5. The highest BCUT2D eigenvalue weighted by Crippen LogP contribution is 2.47. The van der Waals surface area contributed by atoms with Crippen molar-refractivity contribution in [1.29, 1.82) is 0 Å². The minimum absolute atomic E-state index is 0.483. The highest BCUT2D eigenvalue weighted by molar-refractivity contribution is 7.99. The fraction of sp³-hybridized carbons (Fsp3) is 0.417. The van der Waals surface area contributed by atoms with Gasteiger partial charge in [0.15, 0.2) is 0 Å². The van der Waals surface area contributed by atoms with Gasteiger partial charge in [0.25, 0.3) is 0 Å². The molecule has 2 aliphatic rings. The second kappa shape index (κ2) is 7.94. The smallest absolute Gasteiger partial charge is 0.107 e. The summed E-state index contributed by atoms with van der Waals surface area (Å²) in [5.74, 6) is 1.78. The van der Waals surface area contributed by atoms with Gasteiger partial charge in [-0.3, -0.25) is 0 Å². The Morgan fingerprint density at radius 3 is 2.79 bits per heavy atom. The lowest BCUT2D eigenvalue weighted by molar-refractivity contribution is -0.282. The summed E-state index contributed by atoms with van der Waals surface area (Å²) in [5, 5.41) is 1.43. The molecule has 0 atom stereocenters. The van der Waals surface area contributed by atoms with Crippen LogP contribution in [0, 0.1) is 0 Å². The van der Waals surface area contributed by atoms with Crippen LogP contribution in [0.5, 0.6) is 0 Å². The molecule has 1 aromatic heterocycles. The van der Waals surface area contributed by atoms with Gasteiger partial charge in [-0.25, -0.2) is 9.78 Å². The van der Waals surface area contributed by atoms with Crippen molar-refractivity contribution in [3.05, 3.63) is 53.6 Å². The lowest BCUT2D eigenvalue weighted by Gasteiger charge is -2.23. The van der Waals surface area contributed by atoms with E-state index in [4.69, 9.17) is 9.78 Å². The molecule has 1 aliphatic heterocycles. The normalized spacial score (nSPS) is 17.3. The minimum Gasteiger partial charge on any atom is -0.339 e. The monoisotopic (exact) mass is 393 g/mol. The third kappa shape index (κ3) is 3.18. The fourth-order valence-corrected chi connectivity index (χ4v) is 5.99. The summed E-state index contributed by atoms with van der Waals surface area (Å²) in [4.78, 5) is 11.5. The summed E-state index contributed by atoms with van der Waals surface area (Å²) in [5.41, 5.74) is 6.98. The number of aryl methyl sites for hydroxylation is 1. The molecule has 2 aromatic carbocycles. The van der Waals surface area contributed by atoms with Crippen molar-refractivity contribution in [2.24, 2.45) is 0 Å². The first-order chi connectivity index (χ1) is 13.9. The third-order valence-electron chi connectivity index (χ3n) is 6.24. The van der Waals surface area contributed by atoms with E-state index in [0.717, 1.165) is 17.9 Å². The van der Waals surface area contributed by atoms with Crippen LogP contribution < -0.4 is 0 Å². The molecular weight excluding hydrogens is 366 g/mol. The van der Waals surface area contributed by atoms with E-state index in [2.05, 4.69) is 47.0 Å². The summed E-state index contributed by atoms with van der Waals surface area (Å²) in [6, 6.07) is 15.8. The van der Waals surface area contributed by atoms with Crippen molar-refractivity contribution >= 4 is 22.7 Å². The van der Waals surface area contributed by atoms with Crippen molar-refractivity contribution in [3.63, 3.8) is 0 Å². The second-order valence-electron chi connectivity index (χ2n) is 7.87. The number of rotatable bonds is 4. The van der Waals surface area contributed by atoms with E-state index in [1.165, 1.54) is 59.2 Å². The zero-order chi connectivity index (χ0) is 18.9. The number of thioether (sulfide) groups is 1. The summed E-state index contributed by atoms with van der Waals surface area (Å²) < 4.78 is 2.58. The SMILES string of the molecule is COOCc1ccc2c(C3CCCCC3)c3n(c2c1)CCSc1ccccc1-3. The first-order valence-corrected chi connectivity index (χ1v) is 11.4. The van der Waals surface area contributed by atoms with Crippen LogP contribution in [0.2, 0.25) is 0 Å². The number of nitrogens with zero attached hydrogens (tertiary/aromatic N) is 1. The molecule has 3 aromatic rings. The van der Waals surface area contributed by atoms with Crippen LogP contribution in [0.1, 0.15) is 49.1 Å². The van der Waals surface area contributed by atoms with Gasteiger partial charge in [-0.2, -0.15) is 0 Å². The van der Waals surface area contributed by atoms with Gasteiger partial charge >= 0.3 is 0 Å². The molecule has 0 saturated heterocycles. The fourth-order valence-electron chi connectivity index (χ4n) is 5.00. The molecule has 0 radical (unpaired) electrons. The molecule has 2 heterocycles. The molecule has 28 heavy (non-hydrogen) atoms. The van der Waals surface area contributed by atoms with Crippen molar-refractivity contribution in [2.75, 3.05) is 12.9 Å². The molecule has 1 aliphatic carbocycles. The topological polar surface area (TPSA) is 23.4 Å². The van der Waals surface area contributed by atoms with E-state index in [1.807, 2.05) is 11.8 Å². The Kier molecular flexibility index (Phi) is 5.19. The predicted octanol–water partition coefficient (Wildman–Crippen LogP) is 6.54. The van der Waals surface area contributed by atoms with E-state index in [9.17, 15) is 0 Å². The van der Waals surface area contributed by atoms with Gasteiger partial charge in [-0.15, -0.1) is 11.8 Å². The van der Waals surface area contributed by atoms with E-state index < -0.39 is 0 Å². The molecule has 0 unspecified atom stereocenters. The zero-order valence-electron chi connectivity index (χ0n) is 16.4. The standard InChI is InChI=1S/C24H27NO2S/c1-26-27-16-17-11-12-19-21(15-17)25-13-14-28-22-10-6-5-9-20(22)24(25)23(19)18-7-3-2-4-8-18/h5-6,9-12,15,18H,2-4,7-8,13-14,16H2,1H3. The lowest BCUT2D eigenvalue weighted by atomic mass is 9.82. The highest BCUT2D eigenvalue weighted by atomic mass is 32.2. The molecule has 5 rings (SSSR count). The number of hydrogen-bond acceptors (Lipinski definition) is 3. The highest BCUT2D eigenvalue weighted by Gasteiger charge is 2.28. The van der Waals surface area contributed by atoms with Crippen molar-refractivity contribution in [1.82, 2.24) is 4.57 Å². The van der Waals surface area contributed by atoms with Crippen LogP contribution in [0.3, 0.4) is 0 Å². The molecule has 0 N–H and O–H groups in total. The molecule has 3 nitrogen and oxygen atoms in total. The maximum Gasteiger partial charge on any atom is 0.107 e. The minimum atomic E-state index is 0.483. The van der Waals surface area contributed by atoms with Crippen molar-refractivity contribution < 1.29 is 9.78 Å². The van der Waals surface area contributed by atoms with Crippen LogP contribution in [0.4, 0.5) is 0 Å². The van der Waals surface area contributed by atoms with Crippen LogP contribution in [-0.2, 0) is 22.9 Å². The summed E-state index contributed by atoms with van der Waals surface area (Å²) in [7, 11) is 1.57. The molecule has 0 spiro atoms. The van der Waals surface area contributed by atoms with Crippen LogP contribution in [0.25, 0.3) is 22.2 Å². The van der Waals surface area contributed by atoms with Gasteiger partial charge in [-0.05, 0) is 42.0 Å². The largest absolute Gasteiger partial charge is 0.339 e. The van der Waals surface area contributed by atoms with Gasteiger partial charge < -0.3 is 4.57 Å². The summed E-state index contributed by atoms with van der Waals surface area (Å²) in [6.45, 7) is 1.53. The van der Waals surface area contributed by atoms with Crippen LogP contribution in [0.15, 0.2) is 47.4 Å². The van der Waals surface area contributed by atoms with Crippen molar-refractivity contribution in [2.45, 2.75) is 56.1 Å². The summed E-state index contributed by atoms with van der Waals surface area (Å²) >= 11 is 1.99. The van der Waals surface area contributed by atoms with E-state index in [0.29, 0.717) is 12.5 Å². The predicted molar refractivity (Wildman–Crippen MR) is 116 cm³/mol. The number of benzene rings is 2. The van der Waals surface area contributed by atoms with Gasteiger partial charge in [0.05, 0.1) is 12.8 Å². The van der Waals surface area contributed by atoms with Crippen molar-refractivity contribution in [3.8, 4) is 11.3 Å². The average molecular weight is 394 g/mol. The molecule has 1 fully saturated rings. The van der Waals surface area contributed by atoms with Gasteiger partial charge in [0.2, 0.25) is 0 Å². The Labute approximate surface area is 171 Å². The first-order valence-electron chi connectivity index (χ1n) is 10.4. The Hall–Kier alpha value is -1.75. The first kappa shape index (κ1) is 18.3. The molecular formula is C24H27NO2S. The summed E-state index contributed by atoms with van der Waals surface area (Å²) in [6.07, 6.45) is 6.72. The average Bonchev–Trinajstić information content (AvgIpc) is 2.94. The molecule has 0 bridgehead atoms. The quantitative estimate of drug-likeness (QED) is 0.371. The Bertz CT molecular complexity index is 988. The zero-order valence-corrected chi connectivity index (χ0v) is 17.3. The Morgan fingerprint density at radius 2 is 1.93 bits per heavy atom. The maximum absolute atomic E-state index is 5.20. The van der Waals surface area contributed by atoms with Crippen LogP contribution >= 0.6 is 11.8 Å². The van der Waals surface area contributed by atoms with E-state index >= 15 is 0 Å². The van der Waals surface area contributed by atoms with E-state index in [-0.39, 0.29) is 0 Å².